The number of carbonyl (C=O) groups is 1. The van der Waals surface area contributed by atoms with E-state index in [1.807, 2.05) is 42.5 Å². The number of nitrogens with zero attached hydrogens (tertiary/aromatic N) is 1. The summed E-state index contributed by atoms with van der Waals surface area (Å²) in [7, 11) is 0. The Kier molecular flexibility index (Phi) is 5.74. The number of carbonyl (C=O) groups excluding carboxylic acids is 1. The van der Waals surface area contributed by atoms with Crippen LogP contribution in [0.3, 0.4) is 0 Å². The molecule has 3 aromatic rings. The fraction of sp³-hybridized carbons (Fsp3) is 0.217. The quantitative estimate of drug-likeness (QED) is 0.704. The Morgan fingerprint density at radius 1 is 0.966 bits per heavy atom. The lowest BCUT2D eigenvalue weighted by molar-refractivity contribution is -0.114. The molecule has 4 rings (SSSR count). The molecule has 0 bridgehead atoms. The lowest BCUT2D eigenvalue weighted by Gasteiger charge is -2.28. The molecule has 1 N–H and O–H groups in total. The number of amides is 1. The molecular formula is C23H22N2O3S. The van der Waals surface area contributed by atoms with Crippen LogP contribution < -0.4 is 15.6 Å². The standard InChI is InChI=1S/C23H22N2O3S/c1-16(26)24-20-7-3-5-18(13-20)17-4-2-6-19(12-17)22-14-21(27)15-23(29-22)25-8-10-28-11-9-25/h2-7,12-15H,8-11H2,1H3,(H,24,26). The third kappa shape index (κ3) is 4.72. The van der Waals surface area contributed by atoms with Crippen molar-refractivity contribution in [3.63, 3.8) is 0 Å². The van der Waals surface area contributed by atoms with Gasteiger partial charge >= 0.3 is 0 Å². The van der Waals surface area contributed by atoms with E-state index in [1.165, 1.54) is 6.92 Å². The molecule has 6 heteroatoms. The molecule has 148 valence electrons. The minimum atomic E-state index is -0.0967. The monoisotopic (exact) mass is 406 g/mol. The van der Waals surface area contributed by atoms with Crippen LogP contribution in [0.2, 0.25) is 0 Å². The van der Waals surface area contributed by atoms with Gasteiger partial charge in [0, 0.05) is 42.7 Å². The second kappa shape index (κ2) is 8.59. The van der Waals surface area contributed by atoms with Crippen molar-refractivity contribution < 1.29 is 9.53 Å². The second-order valence-corrected chi connectivity index (χ2v) is 8.00. The van der Waals surface area contributed by atoms with Crippen LogP contribution in [0.4, 0.5) is 10.7 Å². The summed E-state index contributed by atoms with van der Waals surface area (Å²) in [6.07, 6.45) is 0. The molecule has 29 heavy (non-hydrogen) atoms. The maximum atomic E-state index is 12.3. The maximum Gasteiger partial charge on any atom is 0.221 e. The first kappa shape index (κ1) is 19.4. The highest BCUT2D eigenvalue weighted by Crippen LogP contribution is 2.33. The van der Waals surface area contributed by atoms with E-state index in [4.69, 9.17) is 4.74 Å². The van der Waals surface area contributed by atoms with Gasteiger partial charge in [0.15, 0.2) is 5.43 Å². The Morgan fingerprint density at radius 2 is 1.66 bits per heavy atom. The molecule has 1 saturated heterocycles. The zero-order valence-corrected chi connectivity index (χ0v) is 17.0. The van der Waals surface area contributed by atoms with E-state index in [1.54, 1.807) is 23.5 Å². The number of morpholine rings is 1. The summed E-state index contributed by atoms with van der Waals surface area (Å²) in [5, 5.41) is 3.80. The minimum absolute atomic E-state index is 0.0123. The van der Waals surface area contributed by atoms with E-state index in [9.17, 15) is 9.59 Å². The van der Waals surface area contributed by atoms with Gasteiger partial charge in [-0.1, -0.05) is 30.3 Å². The summed E-state index contributed by atoms with van der Waals surface area (Å²) < 4.78 is 5.42. The molecule has 0 spiro atoms. The van der Waals surface area contributed by atoms with Crippen LogP contribution in [0.1, 0.15) is 6.92 Å². The number of benzene rings is 2. The van der Waals surface area contributed by atoms with E-state index in [0.29, 0.717) is 13.2 Å². The van der Waals surface area contributed by atoms with Crippen LogP contribution in [0.25, 0.3) is 21.6 Å². The molecule has 5 nitrogen and oxygen atoms in total. The minimum Gasteiger partial charge on any atom is -0.378 e. The maximum absolute atomic E-state index is 12.3. The second-order valence-electron chi connectivity index (χ2n) is 6.94. The first-order valence-corrected chi connectivity index (χ1v) is 10.4. The van der Waals surface area contributed by atoms with Gasteiger partial charge in [-0.2, -0.15) is 0 Å². The molecule has 1 aromatic heterocycles. The van der Waals surface area contributed by atoms with Crippen molar-refractivity contribution in [3.8, 4) is 21.6 Å². The largest absolute Gasteiger partial charge is 0.378 e. The molecule has 0 radical (unpaired) electrons. The highest BCUT2D eigenvalue weighted by atomic mass is 32.1. The Morgan fingerprint density at radius 3 is 2.41 bits per heavy atom. The highest BCUT2D eigenvalue weighted by Gasteiger charge is 2.14. The summed E-state index contributed by atoms with van der Waals surface area (Å²) in [6.45, 7) is 4.47. The lowest BCUT2D eigenvalue weighted by Crippen LogP contribution is -2.36. The molecule has 0 atom stereocenters. The first-order valence-electron chi connectivity index (χ1n) is 9.55. The van der Waals surface area contributed by atoms with Crippen molar-refractivity contribution in [1.29, 1.82) is 0 Å². The Bertz CT molecular complexity index is 1090. The molecule has 0 aliphatic carbocycles. The molecular weight excluding hydrogens is 384 g/mol. The molecule has 2 heterocycles. The summed E-state index contributed by atoms with van der Waals surface area (Å²) in [4.78, 5) is 26.8. The Hall–Kier alpha value is -2.96. The summed E-state index contributed by atoms with van der Waals surface area (Å²) in [5.74, 6) is -0.0967. The van der Waals surface area contributed by atoms with Crippen LogP contribution in [0, 0.1) is 0 Å². The van der Waals surface area contributed by atoms with Gasteiger partial charge in [-0.25, -0.2) is 0 Å². The van der Waals surface area contributed by atoms with Gasteiger partial charge in [-0.05, 0) is 34.9 Å². The van der Waals surface area contributed by atoms with E-state index in [-0.39, 0.29) is 11.3 Å². The molecule has 1 aliphatic heterocycles. The zero-order chi connectivity index (χ0) is 20.2. The number of hydrogen-bond donors (Lipinski definition) is 1. The van der Waals surface area contributed by atoms with Crippen molar-refractivity contribution in [3.05, 3.63) is 70.9 Å². The Balaban J connectivity index is 1.68. The molecule has 0 saturated carbocycles. The van der Waals surface area contributed by atoms with Crippen LogP contribution in [-0.2, 0) is 9.53 Å². The predicted octanol–water partition coefficient (Wildman–Crippen LogP) is 4.24. The van der Waals surface area contributed by atoms with Gasteiger partial charge in [0.05, 0.1) is 18.2 Å². The van der Waals surface area contributed by atoms with Crippen LogP contribution in [0.5, 0.6) is 0 Å². The Labute approximate surface area is 173 Å². The third-order valence-corrected chi connectivity index (χ3v) is 5.90. The lowest BCUT2D eigenvalue weighted by atomic mass is 10.0. The van der Waals surface area contributed by atoms with Crippen molar-refractivity contribution in [2.75, 3.05) is 36.5 Å². The zero-order valence-electron chi connectivity index (χ0n) is 16.2. The van der Waals surface area contributed by atoms with Crippen molar-refractivity contribution in [2.45, 2.75) is 6.92 Å². The summed E-state index contributed by atoms with van der Waals surface area (Å²) in [6, 6.07) is 19.3. The van der Waals surface area contributed by atoms with Gasteiger partial charge in [-0.3, -0.25) is 9.59 Å². The average molecular weight is 407 g/mol. The molecule has 1 fully saturated rings. The van der Waals surface area contributed by atoms with E-state index < -0.39 is 0 Å². The van der Waals surface area contributed by atoms with Crippen LogP contribution in [-0.4, -0.2) is 32.2 Å². The molecule has 2 aromatic carbocycles. The van der Waals surface area contributed by atoms with Crippen LogP contribution >= 0.6 is 11.3 Å². The number of ether oxygens (including phenoxy) is 1. The van der Waals surface area contributed by atoms with Gasteiger partial charge < -0.3 is 15.0 Å². The van der Waals surface area contributed by atoms with E-state index in [0.717, 1.165) is 45.3 Å². The fourth-order valence-electron chi connectivity index (χ4n) is 3.38. The smallest absolute Gasteiger partial charge is 0.221 e. The molecule has 1 aliphatic rings. The van der Waals surface area contributed by atoms with Gasteiger partial charge in [0.1, 0.15) is 0 Å². The molecule has 1 amide bonds. The van der Waals surface area contributed by atoms with Gasteiger partial charge in [-0.15, -0.1) is 11.3 Å². The highest BCUT2D eigenvalue weighted by molar-refractivity contribution is 7.19. The third-order valence-electron chi connectivity index (χ3n) is 4.74. The number of hydrogen-bond acceptors (Lipinski definition) is 5. The van der Waals surface area contributed by atoms with Crippen molar-refractivity contribution in [1.82, 2.24) is 0 Å². The number of nitrogens with one attached hydrogen (secondary N) is 1. The van der Waals surface area contributed by atoms with E-state index >= 15 is 0 Å². The summed E-state index contributed by atoms with van der Waals surface area (Å²) in [5.41, 5.74) is 3.82. The SMILES string of the molecule is CC(=O)Nc1cccc(-c2cccc(-c3cc(=O)cc(N4CCOCC4)s3)c2)c1. The number of anilines is 2. The van der Waals surface area contributed by atoms with Crippen molar-refractivity contribution in [2.24, 2.45) is 0 Å². The van der Waals surface area contributed by atoms with E-state index in [2.05, 4.69) is 16.3 Å². The normalized spacial score (nSPS) is 13.9. The first-order chi connectivity index (χ1) is 14.1. The fourth-order valence-corrected chi connectivity index (χ4v) is 4.51. The van der Waals surface area contributed by atoms with Gasteiger partial charge in [0.2, 0.25) is 5.91 Å². The number of rotatable bonds is 4. The van der Waals surface area contributed by atoms with Gasteiger partial charge in [0.25, 0.3) is 0 Å². The predicted molar refractivity (Wildman–Crippen MR) is 119 cm³/mol. The topological polar surface area (TPSA) is 58.6 Å². The summed E-state index contributed by atoms with van der Waals surface area (Å²) >= 11 is 1.63. The average Bonchev–Trinajstić information content (AvgIpc) is 2.74. The molecule has 0 unspecified atom stereocenters. The van der Waals surface area contributed by atoms with Crippen LogP contribution in [0.15, 0.2) is 65.5 Å². The van der Waals surface area contributed by atoms with Crippen molar-refractivity contribution >= 4 is 27.9 Å².